The third kappa shape index (κ3) is 3.47. The number of hydrogen-bond acceptors (Lipinski definition) is 4. The van der Waals surface area contributed by atoms with Crippen LogP contribution >= 0.6 is 0 Å². The second-order valence-corrected chi connectivity index (χ2v) is 6.85. The Morgan fingerprint density at radius 3 is 2.34 bits per heavy atom. The largest absolute Gasteiger partial charge is 0.479 e. The fourth-order valence-electron chi connectivity index (χ4n) is 3.86. The van der Waals surface area contributed by atoms with Gasteiger partial charge < -0.3 is 19.7 Å². The van der Waals surface area contributed by atoms with E-state index in [2.05, 4.69) is 22.4 Å². The SMILES string of the molecule is CCn1cncc1C(NC(=O)OCC1c2ccccc2-c2ccccc21)C(=O)O. The Labute approximate surface area is 168 Å². The van der Waals surface area contributed by atoms with E-state index >= 15 is 0 Å². The number of carboxylic acid groups (broad SMARTS) is 1. The summed E-state index contributed by atoms with van der Waals surface area (Å²) in [5.41, 5.74) is 4.86. The van der Waals surface area contributed by atoms with E-state index < -0.39 is 18.1 Å². The molecular formula is C22H21N3O4. The summed E-state index contributed by atoms with van der Waals surface area (Å²) in [5.74, 6) is -1.26. The van der Waals surface area contributed by atoms with Crippen molar-refractivity contribution >= 4 is 12.1 Å². The molecule has 1 heterocycles. The van der Waals surface area contributed by atoms with Crippen molar-refractivity contribution in [1.29, 1.82) is 0 Å². The highest BCUT2D eigenvalue weighted by Crippen LogP contribution is 2.44. The molecule has 2 N–H and O–H groups in total. The first-order chi connectivity index (χ1) is 14.1. The normalized spacial score (nSPS) is 13.4. The minimum Gasteiger partial charge on any atom is -0.479 e. The summed E-state index contributed by atoms with van der Waals surface area (Å²) in [6.07, 6.45) is 2.19. The molecule has 1 amide bonds. The Kier molecular flexibility index (Phi) is 5.03. The summed E-state index contributed by atoms with van der Waals surface area (Å²) >= 11 is 0. The zero-order valence-corrected chi connectivity index (χ0v) is 15.9. The molecule has 7 heteroatoms. The molecule has 1 atom stereocenters. The number of aromatic nitrogens is 2. The number of hydrogen-bond donors (Lipinski definition) is 2. The molecule has 0 fully saturated rings. The van der Waals surface area contributed by atoms with Crippen molar-refractivity contribution < 1.29 is 19.4 Å². The lowest BCUT2D eigenvalue weighted by Gasteiger charge is -2.18. The van der Waals surface area contributed by atoms with Gasteiger partial charge in [0.05, 0.1) is 18.2 Å². The highest BCUT2D eigenvalue weighted by Gasteiger charge is 2.30. The Balaban J connectivity index is 1.49. The van der Waals surface area contributed by atoms with Gasteiger partial charge in [0.15, 0.2) is 6.04 Å². The van der Waals surface area contributed by atoms with Gasteiger partial charge in [-0.05, 0) is 29.2 Å². The zero-order valence-electron chi connectivity index (χ0n) is 15.9. The average molecular weight is 391 g/mol. The molecule has 0 saturated carbocycles. The molecule has 7 nitrogen and oxygen atoms in total. The third-order valence-corrected chi connectivity index (χ3v) is 5.23. The van der Waals surface area contributed by atoms with Gasteiger partial charge in [0.1, 0.15) is 6.61 Å². The maximum atomic E-state index is 12.4. The summed E-state index contributed by atoms with van der Waals surface area (Å²) < 4.78 is 7.12. The first-order valence-electron chi connectivity index (χ1n) is 9.44. The maximum absolute atomic E-state index is 12.4. The lowest BCUT2D eigenvalue weighted by Crippen LogP contribution is -2.36. The van der Waals surface area contributed by atoms with Crippen LogP contribution in [0.2, 0.25) is 0 Å². The molecule has 2 aromatic carbocycles. The van der Waals surface area contributed by atoms with Crippen LogP contribution in [-0.2, 0) is 16.1 Å². The van der Waals surface area contributed by atoms with Crippen molar-refractivity contribution in [2.75, 3.05) is 6.61 Å². The minimum absolute atomic E-state index is 0.0856. The number of carboxylic acids is 1. The number of carbonyl (C=O) groups excluding carboxylic acids is 1. The van der Waals surface area contributed by atoms with E-state index in [0.717, 1.165) is 22.3 Å². The highest BCUT2D eigenvalue weighted by molar-refractivity contribution is 5.81. The van der Waals surface area contributed by atoms with Gasteiger partial charge >= 0.3 is 12.1 Å². The standard InChI is InChI=1S/C22H21N3O4/c1-2-25-13-23-11-19(25)20(21(26)27)24-22(28)29-12-18-16-9-5-3-7-14(16)15-8-4-6-10-17(15)18/h3-11,13,18,20H,2,12H2,1H3,(H,24,28)(H,26,27). The van der Waals surface area contributed by atoms with Gasteiger partial charge in [0, 0.05) is 12.5 Å². The quantitative estimate of drug-likeness (QED) is 0.670. The first-order valence-corrected chi connectivity index (χ1v) is 9.44. The average Bonchev–Trinajstić information content (AvgIpc) is 3.33. The number of amides is 1. The molecule has 1 unspecified atom stereocenters. The first kappa shape index (κ1) is 18.7. The molecule has 0 bridgehead atoms. The Bertz CT molecular complexity index is 1010. The van der Waals surface area contributed by atoms with E-state index in [-0.39, 0.29) is 12.5 Å². The van der Waals surface area contributed by atoms with E-state index in [1.165, 1.54) is 12.5 Å². The predicted octanol–water partition coefficient (Wildman–Crippen LogP) is 3.57. The number of imidazole rings is 1. The van der Waals surface area contributed by atoms with Crippen molar-refractivity contribution in [2.45, 2.75) is 25.4 Å². The van der Waals surface area contributed by atoms with Crippen molar-refractivity contribution in [3.8, 4) is 11.1 Å². The summed E-state index contributed by atoms with van der Waals surface area (Å²) in [4.78, 5) is 28.1. The molecule has 1 aromatic heterocycles. The van der Waals surface area contributed by atoms with Crippen LogP contribution in [0, 0.1) is 0 Å². The fourth-order valence-corrected chi connectivity index (χ4v) is 3.86. The molecule has 29 heavy (non-hydrogen) atoms. The van der Waals surface area contributed by atoms with Crippen LogP contribution in [0.5, 0.6) is 0 Å². The maximum Gasteiger partial charge on any atom is 0.408 e. The summed E-state index contributed by atoms with van der Waals surface area (Å²) in [7, 11) is 0. The number of ether oxygens (including phenoxy) is 1. The van der Waals surface area contributed by atoms with E-state index in [1.54, 1.807) is 4.57 Å². The lowest BCUT2D eigenvalue weighted by atomic mass is 9.98. The molecule has 148 valence electrons. The van der Waals surface area contributed by atoms with Crippen LogP contribution in [0.25, 0.3) is 11.1 Å². The van der Waals surface area contributed by atoms with Gasteiger partial charge in [-0.3, -0.25) is 0 Å². The number of carbonyl (C=O) groups is 2. The number of nitrogens with one attached hydrogen (secondary N) is 1. The highest BCUT2D eigenvalue weighted by atomic mass is 16.5. The van der Waals surface area contributed by atoms with Gasteiger partial charge in [0.2, 0.25) is 0 Å². The predicted molar refractivity (Wildman–Crippen MR) is 106 cm³/mol. The van der Waals surface area contributed by atoms with Crippen LogP contribution < -0.4 is 5.32 Å². The molecule has 4 rings (SSSR count). The van der Waals surface area contributed by atoms with E-state index in [0.29, 0.717) is 12.2 Å². The molecule has 0 radical (unpaired) electrons. The van der Waals surface area contributed by atoms with Gasteiger partial charge in [-0.25, -0.2) is 14.6 Å². The number of benzene rings is 2. The van der Waals surface area contributed by atoms with Crippen LogP contribution in [0.4, 0.5) is 4.79 Å². The van der Waals surface area contributed by atoms with E-state index in [9.17, 15) is 14.7 Å². The van der Waals surface area contributed by atoms with E-state index in [4.69, 9.17) is 4.74 Å². The van der Waals surface area contributed by atoms with Crippen molar-refractivity contribution in [2.24, 2.45) is 0 Å². The van der Waals surface area contributed by atoms with E-state index in [1.807, 2.05) is 43.3 Å². The minimum atomic E-state index is -1.23. The van der Waals surface area contributed by atoms with Gasteiger partial charge in [-0.2, -0.15) is 0 Å². The van der Waals surface area contributed by atoms with Gasteiger partial charge in [-0.15, -0.1) is 0 Å². The number of nitrogens with zero attached hydrogens (tertiary/aromatic N) is 2. The zero-order chi connectivity index (χ0) is 20.4. The number of aliphatic carboxylic acids is 1. The number of aryl methyl sites for hydroxylation is 1. The smallest absolute Gasteiger partial charge is 0.408 e. The van der Waals surface area contributed by atoms with Crippen molar-refractivity contribution in [3.63, 3.8) is 0 Å². The summed E-state index contributed by atoms with van der Waals surface area (Å²) in [6, 6.07) is 14.8. The molecular weight excluding hydrogens is 370 g/mol. The van der Waals surface area contributed by atoms with Gasteiger partial charge in [-0.1, -0.05) is 48.5 Å². The van der Waals surface area contributed by atoms with Crippen LogP contribution in [-0.4, -0.2) is 33.3 Å². The molecule has 3 aromatic rings. The van der Waals surface area contributed by atoms with Crippen LogP contribution in [0.1, 0.15) is 35.7 Å². The fraction of sp³-hybridized carbons (Fsp3) is 0.227. The molecule has 0 saturated heterocycles. The Hall–Kier alpha value is -3.61. The van der Waals surface area contributed by atoms with Crippen molar-refractivity contribution in [3.05, 3.63) is 77.9 Å². The molecule has 1 aliphatic carbocycles. The topological polar surface area (TPSA) is 93.5 Å². The number of fused-ring (bicyclic) bond motifs is 3. The number of rotatable bonds is 6. The molecule has 0 aliphatic heterocycles. The third-order valence-electron chi connectivity index (χ3n) is 5.23. The monoisotopic (exact) mass is 391 g/mol. The second-order valence-electron chi connectivity index (χ2n) is 6.85. The second kappa shape index (κ2) is 7.79. The van der Waals surface area contributed by atoms with Crippen LogP contribution in [0.15, 0.2) is 61.1 Å². The van der Waals surface area contributed by atoms with Gasteiger partial charge in [0.25, 0.3) is 0 Å². The summed E-state index contributed by atoms with van der Waals surface area (Å²) in [6.45, 7) is 2.54. The Morgan fingerprint density at radius 2 is 1.76 bits per heavy atom. The van der Waals surface area contributed by atoms with Crippen molar-refractivity contribution in [1.82, 2.24) is 14.9 Å². The Morgan fingerprint density at radius 1 is 1.14 bits per heavy atom. The summed E-state index contributed by atoms with van der Waals surface area (Å²) in [5, 5.41) is 12.0. The molecule has 0 spiro atoms. The van der Waals surface area contributed by atoms with Crippen LogP contribution in [0.3, 0.4) is 0 Å². The lowest BCUT2D eigenvalue weighted by molar-refractivity contribution is -0.139. The number of alkyl carbamates (subject to hydrolysis) is 1. The molecule has 1 aliphatic rings.